The molecular formula is C22H18ClN2O3S+. The van der Waals surface area contributed by atoms with E-state index >= 15 is 0 Å². The first-order chi connectivity index (χ1) is 14.1. The molecular weight excluding hydrogens is 408 g/mol. The highest BCUT2D eigenvalue weighted by molar-refractivity contribution is 7.81. The van der Waals surface area contributed by atoms with Crippen molar-refractivity contribution in [1.82, 2.24) is 0 Å². The van der Waals surface area contributed by atoms with E-state index in [0.29, 0.717) is 46.0 Å². The topological polar surface area (TPSA) is 54.6 Å². The van der Waals surface area contributed by atoms with Crippen LogP contribution in [-0.4, -0.2) is 23.3 Å². The first kappa shape index (κ1) is 19.2. The predicted octanol–water partition coefficient (Wildman–Crippen LogP) is 4.72. The SMILES string of the molecule is O/C(=C(\C(=S)Nc1ccc(Cl)cc1)[n+]1ccccc1)c1ccc2c(c1)OCCO2. The Labute approximate surface area is 178 Å². The Morgan fingerprint density at radius 2 is 1.66 bits per heavy atom. The Morgan fingerprint density at radius 3 is 2.38 bits per heavy atom. The normalized spacial score (nSPS) is 13.4. The average Bonchev–Trinajstić information content (AvgIpc) is 2.76. The molecule has 0 fully saturated rings. The van der Waals surface area contributed by atoms with Crippen molar-refractivity contribution in [3.8, 4) is 11.5 Å². The van der Waals surface area contributed by atoms with Crippen LogP contribution in [0, 0.1) is 0 Å². The van der Waals surface area contributed by atoms with E-state index in [1.54, 1.807) is 34.9 Å². The van der Waals surface area contributed by atoms with E-state index < -0.39 is 0 Å². The van der Waals surface area contributed by atoms with Gasteiger partial charge in [-0.05, 0) is 42.5 Å². The number of fused-ring (bicyclic) bond motifs is 1. The second-order valence-corrected chi connectivity index (χ2v) is 7.14. The summed E-state index contributed by atoms with van der Waals surface area (Å²) in [4.78, 5) is 0.357. The zero-order valence-electron chi connectivity index (χ0n) is 15.3. The quantitative estimate of drug-likeness (QED) is 0.274. The summed E-state index contributed by atoms with van der Waals surface area (Å²) < 4.78 is 13.0. The van der Waals surface area contributed by atoms with Crippen molar-refractivity contribution in [2.24, 2.45) is 0 Å². The van der Waals surface area contributed by atoms with Crippen molar-refractivity contribution in [3.63, 3.8) is 0 Å². The molecule has 1 aliphatic rings. The Kier molecular flexibility index (Phi) is 5.64. The van der Waals surface area contributed by atoms with Crippen LogP contribution in [0.3, 0.4) is 0 Å². The second kappa shape index (κ2) is 8.51. The third-order valence-electron chi connectivity index (χ3n) is 4.33. The van der Waals surface area contributed by atoms with Gasteiger partial charge in [0.05, 0.1) is 0 Å². The molecule has 0 radical (unpaired) electrons. The fraction of sp³-hybridized carbons (Fsp3) is 0.0909. The molecule has 1 aromatic heterocycles. The number of nitrogens with zero attached hydrogens (tertiary/aromatic N) is 1. The molecule has 0 bridgehead atoms. The summed E-state index contributed by atoms with van der Waals surface area (Å²) in [7, 11) is 0. The number of pyridine rings is 1. The summed E-state index contributed by atoms with van der Waals surface area (Å²) in [5, 5.41) is 14.9. The number of nitrogens with one attached hydrogen (secondary N) is 1. The molecule has 0 spiro atoms. The van der Waals surface area contributed by atoms with Gasteiger partial charge in [-0.25, -0.2) is 0 Å². The molecule has 2 aromatic carbocycles. The van der Waals surface area contributed by atoms with E-state index in [2.05, 4.69) is 5.32 Å². The van der Waals surface area contributed by atoms with Gasteiger partial charge in [-0.15, -0.1) is 0 Å². The maximum absolute atomic E-state index is 11.1. The lowest BCUT2D eigenvalue weighted by Gasteiger charge is -2.19. The molecule has 0 atom stereocenters. The van der Waals surface area contributed by atoms with Gasteiger partial charge in [0.15, 0.2) is 34.6 Å². The highest BCUT2D eigenvalue weighted by atomic mass is 35.5. The molecule has 3 aromatic rings. The predicted molar refractivity (Wildman–Crippen MR) is 117 cm³/mol. The van der Waals surface area contributed by atoms with Gasteiger partial charge in [0.25, 0.3) is 5.70 Å². The smallest absolute Gasteiger partial charge is 0.288 e. The third kappa shape index (κ3) is 4.34. The van der Waals surface area contributed by atoms with E-state index in [4.69, 9.17) is 33.3 Å². The Balaban J connectivity index is 1.75. The van der Waals surface area contributed by atoms with Crippen molar-refractivity contribution < 1.29 is 19.1 Å². The molecule has 0 amide bonds. The van der Waals surface area contributed by atoms with E-state index in [-0.39, 0.29) is 5.76 Å². The Hall–Kier alpha value is -3.09. The second-order valence-electron chi connectivity index (χ2n) is 6.30. The number of aliphatic hydroxyl groups is 1. The summed E-state index contributed by atoms with van der Waals surface area (Å²) in [6, 6.07) is 18.1. The Bertz CT molecular complexity index is 1070. The standard InChI is InChI=1S/C22H17ClN2O3S/c23-16-5-7-17(8-6-16)24-22(29)20(25-10-2-1-3-11-25)21(26)15-4-9-18-19(14-15)28-13-12-27-18/h1-11,14H,12-13H2,(H-,24,26,29)/p+1. The van der Waals surface area contributed by atoms with Crippen LogP contribution in [0.15, 0.2) is 73.1 Å². The van der Waals surface area contributed by atoms with Gasteiger partial charge in [-0.2, -0.15) is 4.57 Å². The first-order valence-electron chi connectivity index (χ1n) is 8.99. The van der Waals surface area contributed by atoms with E-state index in [9.17, 15) is 5.11 Å². The number of hydrogen-bond acceptors (Lipinski definition) is 4. The third-order valence-corrected chi connectivity index (χ3v) is 4.88. The number of halogens is 1. The minimum absolute atomic E-state index is 0.0182. The van der Waals surface area contributed by atoms with Crippen LogP contribution in [0.25, 0.3) is 11.5 Å². The lowest BCUT2D eigenvalue weighted by molar-refractivity contribution is -0.575. The van der Waals surface area contributed by atoms with Crippen LogP contribution in [0.5, 0.6) is 11.5 Å². The van der Waals surface area contributed by atoms with Crippen LogP contribution in [0.4, 0.5) is 5.69 Å². The Morgan fingerprint density at radius 1 is 0.966 bits per heavy atom. The molecule has 5 nitrogen and oxygen atoms in total. The van der Waals surface area contributed by atoms with E-state index in [1.165, 1.54) is 0 Å². The number of aliphatic hydroxyl groups excluding tert-OH is 1. The maximum atomic E-state index is 11.1. The van der Waals surface area contributed by atoms with Crippen molar-refractivity contribution in [1.29, 1.82) is 0 Å². The molecule has 2 heterocycles. The van der Waals surface area contributed by atoms with Crippen LogP contribution >= 0.6 is 23.8 Å². The molecule has 2 N–H and O–H groups in total. The molecule has 0 saturated carbocycles. The molecule has 0 unspecified atom stereocenters. The zero-order valence-corrected chi connectivity index (χ0v) is 16.9. The number of benzene rings is 2. The average molecular weight is 426 g/mol. The minimum Gasteiger partial charge on any atom is -0.502 e. The molecule has 0 aliphatic carbocycles. The van der Waals surface area contributed by atoms with E-state index in [0.717, 1.165) is 5.69 Å². The van der Waals surface area contributed by atoms with Gasteiger partial charge < -0.3 is 19.9 Å². The zero-order chi connectivity index (χ0) is 20.2. The van der Waals surface area contributed by atoms with Gasteiger partial charge in [-0.3, -0.25) is 0 Å². The number of ether oxygens (including phenoxy) is 2. The molecule has 1 aliphatic heterocycles. The van der Waals surface area contributed by atoms with Crippen molar-refractivity contribution in [3.05, 3.63) is 83.6 Å². The minimum atomic E-state index is 0.0182. The van der Waals surface area contributed by atoms with Crippen molar-refractivity contribution in [2.75, 3.05) is 18.5 Å². The summed E-state index contributed by atoms with van der Waals surface area (Å²) in [5.41, 5.74) is 1.77. The summed E-state index contributed by atoms with van der Waals surface area (Å²) in [6.07, 6.45) is 3.64. The maximum Gasteiger partial charge on any atom is 0.288 e. The van der Waals surface area contributed by atoms with Gasteiger partial charge in [0.1, 0.15) is 13.2 Å². The van der Waals surface area contributed by atoms with Crippen molar-refractivity contribution in [2.45, 2.75) is 0 Å². The first-order valence-corrected chi connectivity index (χ1v) is 9.77. The highest BCUT2D eigenvalue weighted by Crippen LogP contribution is 2.33. The molecule has 0 saturated heterocycles. The highest BCUT2D eigenvalue weighted by Gasteiger charge is 2.25. The fourth-order valence-electron chi connectivity index (χ4n) is 2.95. The van der Waals surface area contributed by atoms with Gasteiger partial charge in [-0.1, -0.05) is 29.9 Å². The lowest BCUT2D eigenvalue weighted by atomic mass is 10.1. The summed E-state index contributed by atoms with van der Waals surface area (Å²) in [5.74, 6) is 1.27. The fourth-order valence-corrected chi connectivity index (χ4v) is 3.39. The molecule has 29 heavy (non-hydrogen) atoms. The van der Waals surface area contributed by atoms with Gasteiger partial charge >= 0.3 is 0 Å². The number of aromatic nitrogens is 1. The largest absolute Gasteiger partial charge is 0.502 e. The van der Waals surface area contributed by atoms with Crippen molar-refractivity contribution >= 4 is 46.0 Å². The van der Waals surface area contributed by atoms with Crippen LogP contribution in [0.1, 0.15) is 5.56 Å². The summed E-state index contributed by atoms with van der Waals surface area (Å²) in [6.45, 7) is 0.978. The molecule has 7 heteroatoms. The van der Waals surface area contributed by atoms with Crippen LogP contribution < -0.4 is 19.4 Å². The van der Waals surface area contributed by atoms with Gasteiger partial charge in [0, 0.05) is 28.4 Å². The number of rotatable bonds is 4. The molecule has 4 rings (SSSR count). The van der Waals surface area contributed by atoms with E-state index in [1.807, 2.05) is 42.7 Å². The molecule has 146 valence electrons. The number of thiocarbonyl (C=S) groups is 1. The lowest BCUT2D eigenvalue weighted by Crippen LogP contribution is -2.38. The number of hydrogen-bond donors (Lipinski definition) is 2. The monoisotopic (exact) mass is 425 g/mol. The van der Waals surface area contributed by atoms with Crippen LogP contribution in [0.2, 0.25) is 5.02 Å². The summed E-state index contributed by atoms with van der Waals surface area (Å²) >= 11 is 11.6. The number of anilines is 1. The van der Waals surface area contributed by atoms with Crippen LogP contribution in [-0.2, 0) is 0 Å². The van der Waals surface area contributed by atoms with Gasteiger partial charge in [0.2, 0.25) is 0 Å².